The van der Waals surface area contributed by atoms with E-state index in [9.17, 15) is 9.18 Å². The van der Waals surface area contributed by atoms with E-state index in [2.05, 4.69) is 10.3 Å². The van der Waals surface area contributed by atoms with Gasteiger partial charge in [0.15, 0.2) is 0 Å². The lowest BCUT2D eigenvalue weighted by atomic mass is 10.2. The molecular weight excluding hydrogens is 231 g/mol. The molecule has 1 aromatic carbocycles. The van der Waals surface area contributed by atoms with Gasteiger partial charge in [-0.3, -0.25) is 9.78 Å². The summed E-state index contributed by atoms with van der Waals surface area (Å²) in [5.41, 5.74) is 2.10. The second-order valence-electron chi connectivity index (χ2n) is 3.95. The zero-order valence-electron chi connectivity index (χ0n) is 9.98. The normalized spacial score (nSPS) is 10.1. The molecular formula is C14H13FN2O. The van der Waals surface area contributed by atoms with E-state index in [0.29, 0.717) is 17.8 Å². The minimum absolute atomic E-state index is 0.176. The molecule has 0 atom stereocenters. The van der Waals surface area contributed by atoms with Gasteiger partial charge in [-0.25, -0.2) is 4.39 Å². The van der Waals surface area contributed by atoms with Gasteiger partial charge in [-0.1, -0.05) is 12.1 Å². The minimum atomic E-state index is -0.284. The molecule has 4 heteroatoms. The van der Waals surface area contributed by atoms with E-state index in [0.717, 1.165) is 5.56 Å². The Bertz CT molecular complexity index is 552. The van der Waals surface area contributed by atoms with Crippen molar-refractivity contribution >= 4 is 5.91 Å². The molecule has 0 fully saturated rings. The molecule has 92 valence electrons. The standard InChI is InChI=1S/C14H13FN2O/c1-10-13(3-2-8-16-10)14(18)17-9-11-4-6-12(15)7-5-11/h2-8H,9H2,1H3,(H,17,18). The number of hydrogen-bond donors (Lipinski definition) is 1. The number of rotatable bonds is 3. The van der Waals surface area contributed by atoms with Crippen molar-refractivity contribution in [2.45, 2.75) is 13.5 Å². The number of aryl methyl sites for hydroxylation is 1. The maximum absolute atomic E-state index is 12.7. The van der Waals surface area contributed by atoms with Crippen molar-refractivity contribution in [1.29, 1.82) is 0 Å². The molecule has 0 bridgehead atoms. The molecule has 18 heavy (non-hydrogen) atoms. The zero-order chi connectivity index (χ0) is 13.0. The Morgan fingerprint density at radius 2 is 2.00 bits per heavy atom. The second-order valence-corrected chi connectivity index (χ2v) is 3.95. The third-order valence-electron chi connectivity index (χ3n) is 2.62. The van der Waals surface area contributed by atoms with Crippen LogP contribution in [0.25, 0.3) is 0 Å². The molecule has 2 aromatic rings. The summed E-state index contributed by atoms with van der Waals surface area (Å²) < 4.78 is 12.7. The van der Waals surface area contributed by atoms with E-state index in [-0.39, 0.29) is 11.7 Å². The van der Waals surface area contributed by atoms with Gasteiger partial charge in [0.25, 0.3) is 5.91 Å². The third kappa shape index (κ3) is 2.91. The molecule has 0 saturated carbocycles. The first-order valence-electron chi connectivity index (χ1n) is 5.61. The Kier molecular flexibility index (Phi) is 3.67. The van der Waals surface area contributed by atoms with E-state index in [1.807, 2.05) is 0 Å². The number of pyridine rings is 1. The van der Waals surface area contributed by atoms with E-state index in [1.165, 1.54) is 12.1 Å². The largest absolute Gasteiger partial charge is 0.348 e. The highest BCUT2D eigenvalue weighted by molar-refractivity contribution is 5.95. The van der Waals surface area contributed by atoms with Crippen LogP contribution in [0.4, 0.5) is 4.39 Å². The van der Waals surface area contributed by atoms with Gasteiger partial charge in [0, 0.05) is 18.4 Å². The van der Waals surface area contributed by atoms with Crippen molar-refractivity contribution in [3.05, 3.63) is 65.2 Å². The van der Waals surface area contributed by atoms with Crippen LogP contribution >= 0.6 is 0 Å². The van der Waals surface area contributed by atoms with Crippen molar-refractivity contribution in [3.8, 4) is 0 Å². The van der Waals surface area contributed by atoms with Gasteiger partial charge in [0.2, 0.25) is 0 Å². The predicted molar refractivity (Wildman–Crippen MR) is 66.5 cm³/mol. The Labute approximate surface area is 105 Å². The quantitative estimate of drug-likeness (QED) is 0.901. The van der Waals surface area contributed by atoms with Gasteiger partial charge < -0.3 is 5.32 Å². The number of halogens is 1. The van der Waals surface area contributed by atoms with Gasteiger partial charge in [0.1, 0.15) is 5.82 Å². The average molecular weight is 244 g/mol. The molecule has 1 amide bonds. The number of carbonyl (C=O) groups is 1. The van der Waals surface area contributed by atoms with Crippen LogP contribution in [0.15, 0.2) is 42.6 Å². The summed E-state index contributed by atoms with van der Waals surface area (Å²) in [7, 11) is 0. The lowest BCUT2D eigenvalue weighted by Gasteiger charge is -2.06. The van der Waals surface area contributed by atoms with Crippen molar-refractivity contribution in [2.75, 3.05) is 0 Å². The number of benzene rings is 1. The summed E-state index contributed by atoms with van der Waals surface area (Å²) in [5, 5.41) is 2.77. The number of aromatic nitrogens is 1. The smallest absolute Gasteiger partial charge is 0.253 e. The molecule has 1 aromatic heterocycles. The maximum atomic E-state index is 12.7. The zero-order valence-corrected chi connectivity index (χ0v) is 9.98. The number of carbonyl (C=O) groups excluding carboxylic acids is 1. The second kappa shape index (κ2) is 5.40. The molecule has 1 heterocycles. The summed E-state index contributed by atoms with van der Waals surface area (Å²) in [4.78, 5) is 15.9. The van der Waals surface area contributed by atoms with Gasteiger partial charge >= 0.3 is 0 Å². The first kappa shape index (κ1) is 12.2. The van der Waals surface area contributed by atoms with Crippen molar-refractivity contribution in [2.24, 2.45) is 0 Å². The SMILES string of the molecule is Cc1ncccc1C(=O)NCc1ccc(F)cc1. The van der Waals surface area contributed by atoms with E-state index in [4.69, 9.17) is 0 Å². The molecule has 0 aliphatic rings. The average Bonchev–Trinajstić information content (AvgIpc) is 2.38. The topological polar surface area (TPSA) is 42.0 Å². The number of nitrogens with one attached hydrogen (secondary N) is 1. The number of hydrogen-bond acceptors (Lipinski definition) is 2. The van der Waals surface area contributed by atoms with Crippen molar-refractivity contribution in [1.82, 2.24) is 10.3 Å². The van der Waals surface area contributed by atoms with Crippen LogP contribution in [-0.4, -0.2) is 10.9 Å². The van der Waals surface area contributed by atoms with E-state index < -0.39 is 0 Å². The number of nitrogens with zero attached hydrogens (tertiary/aromatic N) is 1. The first-order valence-corrected chi connectivity index (χ1v) is 5.61. The highest BCUT2D eigenvalue weighted by Crippen LogP contribution is 2.05. The summed E-state index contributed by atoms with van der Waals surface area (Å²) in [6.07, 6.45) is 1.64. The van der Waals surface area contributed by atoms with Crippen molar-refractivity contribution in [3.63, 3.8) is 0 Å². The van der Waals surface area contributed by atoms with Crippen LogP contribution in [0.2, 0.25) is 0 Å². The van der Waals surface area contributed by atoms with E-state index in [1.54, 1.807) is 37.4 Å². The van der Waals surface area contributed by atoms with Crippen LogP contribution < -0.4 is 5.32 Å². The molecule has 1 N–H and O–H groups in total. The Hall–Kier alpha value is -2.23. The third-order valence-corrected chi connectivity index (χ3v) is 2.62. The lowest BCUT2D eigenvalue weighted by Crippen LogP contribution is -2.23. The maximum Gasteiger partial charge on any atom is 0.253 e. The highest BCUT2D eigenvalue weighted by atomic mass is 19.1. The monoisotopic (exact) mass is 244 g/mol. The Morgan fingerprint density at radius 3 is 2.67 bits per heavy atom. The summed E-state index contributed by atoms with van der Waals surface area (Å²) in [6, 6.07) is 9.48. The van der Waals surface area contributed by atoms with Gasteiger partial charge in [-0.05, 0) is 36.8 Å². The van der Waals surface area contributed by atoms with Crippen LogP contribution in [0.5, 0.6) is 0 Å². The molecule has 0 aliphatic heterocycles. The fraction of sp³-hybridized carbons (Fsp3) is 0.143. The highest BCUT2D eigenvalue weighted by Gasteiger charge is 2.08. The fourth-order valence-corrected chi connectivity index (χ4v) is 1.60. The Balaban J connectivity index is 2.01. The lowest BCUT2D eigenvalue weighted by molar-refractivity contribution is 0.0950. The molecule has 0 unspecified atom stereocenters. The summed E-state index contributed by atoms with van der Waals surface area (Å²) in [6.45, 7) is 2.15. The van der Waals surface area contributed by atoms with Crippen LogP contribution in [0.3, 0.4) is 0 Å². The fourth-order valence-electron chi connectivity index (χ4n) is 1.60. The van der Waals surface area contributed by atoms with Gasteiger partial charge in [0.05, 0.1) is 5.56 Å². The summed E-state index contributed by atoms with van der Waals surface area (Å²) >= 11 is 0. The van der Waals surface area contributed by atoms with Crippen LogP contribution in [-0.2, 0) is 6.54 Å². The van der Waals surface area contributed by atoms with Crippen LogP contribution in [0, 0.1) is 12.7 Å². The summed E-state index contributed by atoms with van der Waals surface area (Å²) in [5.74, 6) is -0.460. The molecule has 0 aliphatic carbocycles. The molecule has 3 nitrogen and oxygen atoms in total. The van der Waals surface area contributed by atoms with Gasteiger partial charge in [-0.2, -0.15) is 0 Å². The van der Waals surface area contributed by atoms with Gasteiger partial charge in [-0.15, -0.1) is 0 Å². The van der Waals surface area contributed by atoms with E-state index >= 15 is 0 Å². The Morgan fingerprint density at radius 1 is 1.28 bits per heavy atom. The molecule has 0 spiro atoms. The first-order chi connectivity index (χ1) is 8.66. The van der Waals surface area contributed by atoms with Crippen molar-refractivity contribution < 1.29 is 9.18 Å². The molecule has 0 saturated heterocycles. The molecule has 2 rings (SSSR count). The predicted octanol–water partition coefficient (Wildman–Crippen LogP) is 2.46. The van der Waals surface area contributed by atoms with Crippen LogP contribution in [0.1, 0.15) is 21.6 Å². The number of amides is 1. The molecule has 0 radical (unpaired) electrons. The minimum Gasteiger partial charge on any atom is -0.348 e.